The molecule has 0 fully saturated rings. The van der Waals surface area contributed by atoms with Crippen molar-refractivity contribution in [3.63, 3.8) is 0 Å². The minimum atomic E-state index is -0.312. The van der Waals surface area contributed by atoms with Crippen LogP contribution in [0.25, 0.3) is 0 Å². The van der Waals surface area contributed by atoms with E-state index in [1.165, 1.54) is 7.11 Å². The van der Waals surface area contributed by atoms with Gasteiger partial charge in [0.15, 0.2) is 5.78 Å². The van der Waals surface area contributed by atoms with Gasteiger partial charge in [-0.15, -0.1) is 0 Å². The summed E-state index contributed by atoms with van der Waals surface area (Å²) in [6.45, 7) is 3.64. The topological polar surface area (TPSA) is 55.4 Å². The molecule has 0 aliphatic heterocycles. The first kappa shape index (κ1) is 14.7. The number of carbonyl (C=O) groups is 2. The van der Waals surface area contributed by atoms with Crippen LogP contribution in [0.15, 0.2) is 22.7 Å². The van der Waals surface area contributed by atoms with Crippen LogP contribution in [0.1, 0.15) is 24.2 Å². The van der Waals surface area contributed by atoms with E-state index in [1.807, 2.05) is 0 Å². The van der Waals surface area contributed by atoms with E-state index < -0.39 is 0 Å². The van der Waals surface area contributed by atoms with Crippen molar-refractivity contribution in [1.82, 2.24) is 5.32 Å². The van der Waals surface area contributed by atoms with Crippen LogP contribution in [0.3, 0.4) is 0 Å². The molecule has 1 N–H and O–H groups in total. The highest BCUT2D eigenvalue weighted by atomic mass is 79.9. The molecule has 0 atom stereocenters. The predicted octanol–water partition coefficient (Wildman–Crippen LogP) is 2.41. The van der Waals surface area contributed by atoms with Crippen LogP contribution in [0, 0.1) is 5.92 Å². The van der Waals surface area contributed by atoms with Gasteiger partial charge in [0, 0.05) is 10.4 Å². The van der Waals surface area contributed by atoms with Gasteiger partial charge in [-0.1, -0.05) is 29.8 Å². The number of Topliss-reactive ketones (excluding diaryl/α,β-unsaturated/α-hetero) is 1. The van der Waals surface area contributed by atoms with Crippen molar-refractivity contribution in [1.29, 1.82) is 0 Å². The van der Waals surface area contributed by atoms with Crippen LogP contribution in [0.4, 0.5) is 0 Å². The second kappa shape index (κ2) is 6.54. The molecule has 0 spiro atoms. The second-order valence-electron chi connectivity index (χ2n) is 4.15. The normalized spacial score (nSPS) is 10.3. The van der Waals surface area contributed by atoms with E-state index in [9.17, 15) is 9.59 Å². The summed E-state index contributed by atoms with van der Waals surface area (Å²) in [5.74, 6) is 0.0729. The van der Waals surface area contributed by atoms with Gasteiger partial charge in [-0.2, -0.15) is 0 Å². The average molecular weight is 314 g/mol. The SMILES string of the molecule is COc1cc(Br)ccc1C(=O)NCC(=O)C(C)C. The number of hydrogen-bond acceptors (Lipinski definition) is 3. The maximum absolute atomic E-state index is 11.9. The molecular formula is C13H16BrNO3. The van der Waals surface area contributed by atoms with Gasteiger partial charge in [-0.05, 0) is 18.2 Å². The van der Waals surface area contributed by atoms with Crippen molar-refractivity contribution in [2.24, 2.45) is 5.92 Å². The molecule has 0 aromatic heterocycles. The molecule has 1 amide bonds. The van der Waals surface area contributed by atoms with E-state index >= 15 is 0 Å². The molecule has 5 heteroatoms. The van der Waals surface area contributed by atoms with Gasteiger partial charge in [0.25, 0.3) is 5.91 Å². The van der Waals surface area contributed by atoms with Crippen LogP contribution in [-0.4, -0.2) is 25.3 Å². The van der Waals surface area contributed by atoms with E-state index in [0.29, 0.717) is 11.3 Å². The molecule has 1 aromatic carbocycles. The van der Waals surface area contributed by atoms with Crippen LogP contribution < -0.4 is 10.1 Å². The lowest BCUT2D eigenvalue weighted by Crippen LogP contribution is -2.31. The van der Waals surface area contributed by atoms with Crippen LogP contribution in [0.5, 0.6) is 5.75 Å². The Balaban J connectivity index is 2.75. The number of amides is 1. The molecule has 0 heterocycles. The molecule has 0 aliphatic rings. The monoisotopic (exact) mass is 313 g/mol. The lowest BCUT2D eigenvalue weighted by Gasteiger charge is -2.10. The highest BCUT2D eigenvalue weighted by molar-refractivity contribution is 9.10. The molecule has 0 saturated carbocycles. The number of carbonyl (C=O) groups excluding carboxylic acids is 2. The first-order valence-electron chi connectivity index (χ1n) is 5.60. The molecule has 1 aromatic rings. The van der Waals surface area contributed by atoms with E-state index in [-0.39, 0.29) is 24.2 Å². The van der Waals surface area contributed by atoms with Crippen LogP contribution in [-0.2, 0) is 4.79 Å². The molecule has 4 nitrogen and oxygen atoms in total. The van der Waals surface area contributed by atoms with Gasteiger partial charge in [0.2, 0.25) is 0 Å². The lowest BCUT2D eigenvalue weighted by atomic mass is 10.1. The van der Waals surface area contributed by atoms with Gasteiger partial charge in [0.05, 0.1) is 19.2 Å². The minimum Gasteiger partial charge on any atom is -0.496 e. The standard InChI is InChI=1S/C13H16BrNO3/c1-8(2)11(16)7-15-13(17)10-5-4-9(14)6-12(10)18-3/h4-6,8H,7H2,1-3H3,(H,15,17). The number of methoxy groups -OCH3 is 1. The zero-order valence-corrected chi connectivity index (χ0v) is 12.2. The van der Waals surface area contributed by atoms with E-state index in [1.54, 1.807) is 32.0 Å². The molecule has 18 heavy (non-hydrogen) atoms. The summed E-state index contributed by atoms with van der Waals surface area (Å²) >= 11 is 3.30. The number of benzene rings is 1. The summed E-state index contributed by atoms with van der Waals surface area (Å²) in [5.41, 5.74) is 0.414. The molecule has 1 rings (SSSR count). The van der Waals surface area contributed by atoms with Crippen molar-refractivity contribution in [2.75, 3.05) is 13.7 Å². The fourth-order valence-corrected chi connectivity index (χ4v) is 1.66. The molecule has 0 radical (unpaired) electrons. The Morgan fingerprint density at radius 2 is 2.06 bits per heavy atom. The van der Waals surface area contributed by atoms with Gasteiger partial charge in [0.1, 0.15) is 5.75 Å². The number of rotatable bonds is 5. The fraction of sp³-hybridized carbons (Fsp3) is 0.385. The second-order valence-corrected chi connectivity index (χ2v) is 5.06. The quantitative estimate of drug-likeness (QED) is 0.908. The third-order valence-corrected chi connectivity index (χ3v) is 2.97. The third-order valence-electron chi connectivity index (χ3n) is 2.48. The summed E-state index contributed by atoms with van der Waals surface area (Å²) in [4.78, 5) is 23.3. The van der Waals surface area contributed by atoms with Crippen LogP contribution >= 0.6 is 15.9 Å². The minimum absolute atomic E-state index is 0.000529. The van der Waals surface area contributed by atoms with Crippen LogP contribution in [0.2, 0.25) is 0 Å². The zero-order chi connectivity index (χ0) is 13.7. The van der Waals surface area contributed by atoms with E-state index in [0.717, 1.165) is 4.47 Å². The number of nitrogens with one attached hydrogen (secondary N) is 1. The largest absolute Gasteiger partial charge is 0.496 e. The van der Waals surface area contributed by atoms with Crippen molar-refractivity contribution < 1.29 is 14.3 Å². The molecular weight excluding hydrogens is 298 g/mol. The van der Waals surface area contributed by atoms with Gasteiger partial charge in [-0.25, -0.2) is 0 Å². The maximum atomic E-state index is 11.9. The van der Waals surface area contributed by atoms with Gasteiger partial charge >= 0.3 is 0 Å². The zero-order valence-electron chi connectivity index (χ0n) is 10.6. The predicted molar refractivity (Wildman–Crippen MR) is 72.9 cm³/mol. The first-order valence-corrected chi connectivity index (χ1v) is 6.39. The number of halogens is 1. The Hall–Kier alpha value is -1.36. The Labute approximate surface area is 115 Å². The Kier molecular flexibility index (Phi) is 5.34. The van der Waals surface area contributed by atoms with Gasteiger partial charge < -0.3 is 10.1 Å². The Morgan fingerprint density at radius 1 is 1.39 bits per heavy atom. The summed E-state index contributed by atoms with van der Waals surface area (Å²) in [6, 6.07) is 5.11. The number of ketones is 1. The lowest BCUT2D eigenvalue weighted by molar-refractivity contribution is -0.120. The van der Waals surface area contributed by atoms with Crippen molar-refractivity contribution in [3.8, 4) is 5.75 Å². The van der Waals surface area contributed by atoms with E-state index in [2.05, 4.69) is 21.2 Å². The van der Waals surface area contributed by atoms with Crippen molar-refractivity contribution >= 4 is 27.6 Å². The number of ether oxygens (including phenoxy) is 1. The molecule has 0 saturated heterocycles. The summed E-state index contributed by atoms with van der Waals surface area (Å²) in [5, 5.41) is 2.59. The third kappa shape index (κ3) is 3.84. The average Bonchev–Trinajstić information content (AvgIpc) is 2.34. The highest BCUT2D eigenvalue weighted by Crippen LogP contribution is 2.23. The smallest absolute Gasteiger partial charge is 0.255 e. The molecule has 0 aliphatic carbocycles. The number of hydrogen-bond donors (Lipinski definition) is 1. The Morgan fingerprint density at radius 3 is 2.61 bits per heavy atom. The molecule has 98 valence electrons. The molecule has 0 bridgehead atoms. The van der Waals surface area contributed by atoms with Crippen molar-refractivity contribution in [2.45, 2.75) is 13.8 Å². The fourth-order valence-electron chi connectivity index (χ4n) is 1.32. The van der Waals surface area contributed by atoms with E-state index in [4.69, 9.17) is 4.74 Å². The first-order chi connectivity index (χ1) is 8.45. The maximum Gasteiger partial charge on any atom is 0.255 e. The summed E-state index contributed by atoms with van der Waals surface area (Å²) in [6.07, 6.45) is 0. The summed E-state index contributed by atoms with van der Waals surface area (Å²) in [7, 11) is 1.50. The highest BCUT2D eigenvalue weighted by Gasteiger charge is 2.14. The summed E-state index contributed by atoms with van der Waals surface area (Å²) < 4.78 is 5.95. The van der Waals surface area contributed by atoms with Gasteiger partial charge in [-0.3, -0.25) is 9.59 Å². The van der Waals surface area contributed by atoms with Crippen molar-refractivity contribution in [3.05, 3.63) is 28.2 Å². The Bertz CT molecular complexity index is 458. The molecule has 0 unspecified atom stereocenters.